The summed E-state index contributed by atoms with van der Waals surface area (Å²) < 4.78 is 21.6. The Kier molecular flexibility index (Phi) is 6.08. The van der Waals surface area contributed by atoms with Gasteiger partial charge in [-0.1, -0.05) is 42.5 Å². The van der Waals surface area contributed by atoms with Crippen LogP contribution in [0.2, 0.25) is 0 Å². The average Bonchev–Trinajstić information content (AvgIpc) is 3.34. The van der Waals surface area contributed by atoms with Crippen LogP contribution in [0.25, 0.3) is 5.69 Å². The van der Waals surface area contributed by atoms with E-state index in [1.165, 1.54) is 12.1 Å². The van der Waals surface area contributed by atoms with Crippen molar-refractivity contribution in [2.45, 2.75) is 19.9 Å². The summed E-state index contributed by atoms with van der Waals surface area (Å²) in [4.78, 5) is 12.4. The highest BCUT2D eigenvalue weighted by molar-refractivity contribution is 6.51. The van der Waals surface area contributed by atoms with Gasteiger partial charge in [-0.2, -0.15) is 5.10 Å². The number of rotatable bonds is 5. The van der Waals surface area contributed by atoms with E-state index in [2.05, 4.69) is 10.2 Å². The van der Waals surface area contributed by atoms with E-state index in [1.54, 1.807) is 0 Å². The Morgan fingerprint density at radius 3 is 2.34 bits per heavy atom. The molecule has 3 heterocycles. The second-order valence-electron chi connectivity index (χ2n) is 9.86. The molecule has 8 heteroatoms. The van der Waals surface area contributed by atoms with Crippen molar-refractivity contribution in [2.24, 2.45) is 9.98 Å². The standard InChI is InChI=1S/C33H27FN6O/c1-3-41-26-19-17-24(18-20-26)35-31-33-37-32-29(21(2)38-40(32)25-9-5-4-6-10-25)30(22-13-15-23(34)16-14-22)39(33)28-12-8-7-11-27(28)36-31/h4-20,30H,3H2,1-2H3,(H,35,36)/t30-/m0/s1. The van der Waals surface area contributed by atoms with Crippen LogP contribution >= 0.6 is 0 Å². The SMILES string of the molecule is CCOc1ccc(NC2=Nc3ccccc3N3C2=Nc2c(c(C)nn2-c2ccccc2)[C@@H]3c2ccc(F)cc2)cc1. The fraction of sp³-hybridized carbons (Fsp3) is 0.121. The summed E-state index contributed by atoms with van der Waals surface area (Å²) >= 11 is 0. The second-order valence-corrected chi connectivity index (χ2v) is 9.86. The van der Waals surface area contributed by atoms with Crippen LogP contribution in [0.1, 0.15) is 29.8 Å². The smallest absolute Gasteiger partial charge is 0.179 e. The van der Waals surface area contributed by atoms with E-state index in [0.717, 1.165) is 51.1 Å². The number of nitrogens with one attached hydrogen (secondary N) is 1. The van der Waals surface area contributed by atoms with E-state index in [-0.39, 0.29) is 11.9 Å². The van der Waals surface area contributed by atoms with Gasteiger partial charge < -0.3 is 15.0 Å². The molecular formula is C33H27FN6O. The van der Waals surface area contributed by atoms with E-state index >= 15 is 0 Å². The summed E-state index contributed by atoms with van der Waals surface area (Å²) in [6.45, 7) is 4.56. The van der Waals surface area contributed by atoms with Crippen molar-refractivity contribution in [2.75, 3.05) is 16.8 Å². The number of hydrogen-bond acceptors (Lipinski definition) is 6. The molecule has 2 aliphatic rings. The van der Waals surface area contributed by atoms with Crippen molar-refractivity contribution in [3.63, 3.8) is 0 Å². The number of benzene rings is 4. The molecule has 0 bridgehead atoms. The van der Waals surface area contributed by atoms with E-state index in [1.807, 2.05) is 110 Å². The van der Waals surface area contributed by atoms with Crippen LogP contribution in [-0.2, 0) is 0 Å². The lowest BCUT2D eigenvalue weighted by Gasteiger charge is -2.40. The van der Waals surface area contributed by atoms with E-state index in [0.29, 0.717) is 18.3 Å². The minimum atomic E-state index is -0.315. The summed E-state index contributed by atoms with van der Waals surface area (Å²) in [5.41, 5.74) is 6.21. The lowest BCUT2D eigenvalue weighted by molar-refractivity contribution is 0.340. The Bertz CT molecular complexity index is 1790. The third-order valence-electron chi connectivity index (χ3n) is 7.25. The van der Waals surface area contributed by atoms with E-state index in [4.69, 9.17) is 19.8 Å². The van der Waals surface area contributed by atoms with Crippen molar-refractivity contribution >= 4 is 34.6 Å². The molecule has 0 fully saturated rings. The lowest BCUT2D eigenvalue weighted by atomic mass is 9.93. The molecular weight excluding hydrogens is 515 g/mol. The maximum absolute atomic E-state index is 14.1. The van der Waals surface area contributed by atoms with Gasteiger partial charge in [-0.05, 0) is 80.1 Å². The summed E-state index contributed by atoms with van der Waals surface area (Å²) in [5.74, 6) is 2.48. The molecule has 7 nitrogen and oxygen atoms in total. The first-order chi connectivity index (χ1) is 20.1. The van der Waals surface area contributed by atoms with Gasteiger partial charge in [0, 0.05) is 11.3 Å². The predicted octanol–water partition coefficient (Wildman–Crippen LogP) is 7.51. The van der Waals surface area contributed by atoms with Gasteiger partial charge in [-0.3, -0.25) is 0 Å². The molecule has 2 aliphatic heterocycles. The molecule has 1 aromatic heterocycles. The molecule has 1 N–H and O–H groups in total. The first kappa shape index (κ1) is 24.8. The van der Waals surface area contributed by atoms with Crippen LogP contribution in [0.3, 0.4) is 0 Å². The van der Waals surface area contributed by atoms with Crippen molar-refractivity contribution in [3.05, 3.63) is 126 Å². The maximum Gasteiger partial charge on any atom is 0.179 e. The van der Waals surface area contributed by atoms with Gasteiger partial charge in [0.1, 0.15) is 11.6 Å². The number of anilines is 2. The maximum atomic E-state index is 14.1. The molecule has 7 rings (SSSR count). The number of ether oxygens (including phenoxy) is 1. The molecule has 0 saturated carbocycles. The third-order valence-corrected chi connectivity index (χ3v) is 7.25. The van der Waals surface area contributed by atoms with Crippen molar-refractivity contribution in [3.8, 4) is 11.4 Å². The van der Waals surface area contributed by atoms with Crippen LogP contribution in [0.4, 0.5) is 27.3 Å². The van der Waals surface area contributed by atoms with Crippen LogP contribution < -0.4 is 15.0 Å². The zero-order valence-corrected chi connectivity index (χ0v) is 22.6. The Hall–Kier alpha value is -5.24. The zero-order chi connectivity index (χ0) is 27.9. The highest BCUT2D eigenvalue weighted by Crippen LogP contribution is 2.48. The number of halogens is 1. The topological polar surface area (TPSA) is 67.0 Å². The molecule has 0 spiro atoms. The summed E-state index contributed by atoms with van der Waals surface area (Å²) in [5, 5.41) is 8.44. The normalized spacial score (nSPS) is 15.3. The predicted molar refractivity (Wildman–Crippen MR) is 161 cm³/mol. The Labute approximate surface area is 237 Å². The van der Waals surface area contributed by atoms with Crippen molar-refractivity contribution in [1.82, 2.24) is 9.78 Å². The molecule has 0 amide bonds. The highest BCUT2D eigenvalue weighted by Gasteiger charge is 2.41. The quantitative estimate of drug-likeness (QED) is 0.250. The fourth-order valence-corrected chi connectivity index (χ4v) is 5.45. The van der Waals surface area contributed by atoms with Crippen LogP contribution in [0.5, 0.6) is 5.75 Å². The molecule has 1 atom stereocenters. The monoisotopic (exact) mass is 542 g/mol. The van der Waals surface area contributed by atoms with Gasteiger partial charge in [-0.25, -0.2) is 19.1 Å². The number of aryl methyl sites for hydroxylation is 1. The number of hydrogen-bond donors (Lipinski definition) is 1. The largest absolute Gasteiger partial charge is 0.494 e. The Morgan fingerprint density at radius 1 is 0.854 bits per heavy atom. The third kappa shape index (κ3) is 4.34. The van der Waals surface area contributed by atoms with Gasteiger partial charge >= 0.3 is 0 Å². The van der Waals surface area contributed by atoms with Gasteiger partial charge in [0.25, 0.3) is 0 Å². The zero-order valence-electron chi connectivity index (χ0n) is 22.6. The molecule has 0 aliphatic carbocycles. The first-order valence-corrected chi connectivity index (χ1v) is 13.6. The molecule has 41 heavy (non-hydrogen) atoms. The highest BCUT2D eigenvalue weighted by atomic mass is 19.1. The molecule has 0 unspecified atom stereocenters. The van der Waals surface area contributed by atoms with Crippen molar-refractivity contribution < 1.29 is 9.13 Å². The van der Waals surface area contributed by atoms with Gasteiger partial charge in [0.05, 0.1) is 35.4 Å². The number of aromatic nitrogens is 2. The van der Waals surface area contributed by atoms with Crippen molar-refractivity contribution in [1.29, 1.82) is 0 Å². The first-order valence-electron chi connectivity index (χ1n) is 13.6. The lowest BCUT2D eigenvalue weighted by Crippen LogP contribution is -2.46. The second kappa shape index (κ2) is 10.1. The minimum absolute atomic E-state index is 0.283. The number of fused-ring (bicyclic) bond motifs is 4. The Morgan fingerprint density at radius 2 is 1.59 bits per heavy atom. The Balaban J connectivity index is 1.44. The summed E-state index contributed by atoms with van der Waals surface area (Å²) in [6.07, 6.45) is 0. The molecule has 202 valence electrons. The summed E-state index contributed by atoms with van der Waals surface area (Å²) in [6, 6.07) is 32.1. The van der Waals surface area contributed by atoms with Crippen LogP contribution in [-0.4, -0.2) is 28.1 Å². The number of amidine groups is 2. The molecule has 0 radical (unpaired) electrons. The molecule has 4 aromatic carbocycles. The fourth-order valence-electron chi connectivity index (χ4n) is 5.45. The van der Waals surface area contributed by atoms with Gasteiger partial charge in [-0.15, -0.1) is 0 Å². The van der Waals surface area contributed by atoms with Crippen LogP contribution in [0, 0.1) is 12.7 Å². The number of nitrogens with zero attached hydrogens (tertiary/aromatic N) is 5. The number of para-hydroxylation sites is 3. The van der Waals surface area contributed by atoms with E-state index < -0.39 is 0 Å². The molecule has 5 aromatic rings. The average molecular weight is 543 g/mol. The van der Waals surface area contributed by atoms with Crippen LogP contribution in [0.15, 0.2) is 113 Å². The summed E-state index contributed by atoms with van der Waals surface area (Å²) in [7, 11) is 0. The minimum Gasteiger partial charge on any atom is -0.494 e. The van der Waals surface area contributed by atoms with E-state index in [9.17, 15) is 4.39 Å². The van der Waals surface area contributed by atoms with Gasteiger partial charge in [0.2, 0.25) is 0 Å². The number of aliphatic imine (C=N–C) groups is 2. The van der Waals surface area contributed by atoms with Gasteiger partial charge in [0.15, 0.2) is 17.5 Å². The molecule has 0 saturated heterocycles.